The van der Waals surface area contributed by atoms with E-state index in [2.05, 4.69) is 19.8 Å². The van der Waals surface area contributed by atoms with Crippen molar-refractivity contribution in [1.29, 1.82) is 0 Å². The predicted molar refractivity (Wildman–Crippen MR) is 87.1 cm³/mol. The zero-order chi connectivity index (χ0) is 15.2. The molecule has 1 N–H and O–H groups in total. The summed E-state index contributed by atoms with van der Waals surface area (Å²) in [5.74, 6) is 1.18. The van der Waals surface area contributed by atoms with E-state index in [1.807, 2.05) is 18.2 Å². The molecule has 2 aromatic rings. The van der Waals surface area contributed by atoms with Gasteiger partial charge in [0.25, 0.3) is 0 Å². The highest BCUT2D eigenvalue weighted by molar-refractivity contribution is 5.29. The Morgan fingerprint density at radius 2 is 1.64 bits per heavy atom. The molecule has 1 saturated heterocycles. The maximum absolute atomic E-state index is 9.28. The standard InChI is InChI=1S/C17H22N4O/c22-16-6-4-15(5-7-16)3-1-10-20-11-13-21(14-12-20)17-18-8-2-9-19-17/h2,4-9,22H,1,3,10-14H2. The molecule has 1 aromatic heterocycles. The lowest BCUT2D eigenvalue weighted by Gasteiger charge is -2.34. The van der Waals surface area contributed by atoms with Gasteiger partial charge in [-0.25, -0.2) is 9.97 Å². The Kier molecular flexibility index (Phi) is 4.85. The van der Waals surface area contributed by atoms with E-state index in [0.29, 0.717) is 5.75 Å². The summed E-state index contributed by atoms with van der Waals surface area (Å²) in [4.78, 5) is 13.4. The Morgan fingerprint density at radius 1 is 0.955 bits per heavy atom. The third kappa shape index (κ3) is 3.95. The number of hydrogen-bond donors (Lipinski definition) is 1. The van der Waals surface area contributed by atoms with Crippen LogP contribution in [-0.2, 0) is 6.42 Å². The minimum absolute atomic E-state index is 0.336. The highest BCUT2D eigenvalue weighted by Gasteiger charge is 2.18. The molecular weight excluding hydrogens is 276 g/mol. The van der Waals surface area contributed by atoms with Gasteiger partial charge >= 0.3 is 0 Å². The van der Waals surface area contributed by atoms with E-state index in [1.54, 1.807) is 24.5 Å². The average molecular weight is 298 g/mol. The van der Waals surface area contributed by atoms with Crippen LogP contribution in [0.25, 0.3) is 0 Å². The molecule has 0 spiro atoms. The summed E-state index contributed by atoms with van der Waals surface area (Å²) in [5.41, 5.74) is 1.29. The molecule has 5 nitrogen and oxygen atoms in total. The molecule has 0 bridgehead atoms. The molecule has 22 heavy (non-hydrogen) atoms. The number of anilines is 1. The quantitative estimate of drug-likeness (QED) is 0.914. The van der Waals surface area contributed by atoms with E-state index in [9.17, 15) is 5.11 Å². The topological polar surface area (TPSA) is 52.5 Å². The molecule has 0 amide bonds. The fourth-order valence-corrected chi connectivity index (χ4v) is 2.80. The first-order valence-corrected chi connectivity index (χ1v) is 7.83. The first kappa shape index (κ1) is 14.8. The minimum Gasteiger partial charge on any atom is -0.508 e. The van der Waals surface area contributed by atoms with Gasteiger partial charge in [-0.1, -0.05) is 12.1 Å². The van der Waals surface area contributed by atoms with Gasteiger partial charge in [0.15, 0.2) is 0 Å². The van der Waals surface area contributed by atoms with Crippen molar-refractivity contribution in [3.8, 4) is 5.75 Å². The van der Waals surface area contributed by atoms with Crippen molar-refractivity contribution in [3.05, 3.63) is 48.3 Å². The number of aromatic hydroxyl groups is 1. The molecule has 1 aromatic carbocycles. The zero-order valence-corrected chi connectivity index (χ0v) is 12.7. The van der Waals surface area contributed by atoms with Crippen LogP contribution in [0.4, 0.5) is 5.95 Å². The summed E-state index contributed by atoms with van der Waals surface area (Å²) in [6.45, 7) is 5.22. The number of phenolic OH excluding ortho intramolecular Hbond substituents is 1. The number of rotatable bonds is 5. The molecule has 0 atom stereocenters. The molecule has 0 aliphatic carbocycles. The largest absolute Gasteiger partial charge is 0.508 e. The van der Waals surface area contributed by atoms with Crippen molar-refractivity contribution in [1.82, 2.24) is 14.9 Å². The Balaban J connectivity index is 1.40. The van der Waals surface area contributed by atoms with Crippen molar-refractivity contribution in [2.75, 3.05) is 37.6 Å². The van der Waals surface area contributed by atoms with Crippen molar-refractivity contribution in [3.63, 3.8) is 0 Å². The summed E-state index contributed by atoms with van der Waals surface area (Å²) < 4.78 is 0. The normalized spacial score (nSPS) is 15.9. The lowest BCUT2D eigenvalue weighted by atomic mass is 10.1. The van der Waals surface area contributed by atoms with Crippen molar-refractivity contribution >= 4 is 5.95 Å². The number of aryl methyl sites for hydroxylation is 1. The van der Waals surface area contributed by atoms with Crippen molar-refractivity contribution < 1.29 is 5.11 Å². The Hall–Kier alpha value is -2.14. The molecule has 116 valence electrons. The van der Waals surface area contributed by atoms with E-state index in [-0.39, 0.29) is 0 Å². The second kappa shape index (κ2) is 7.22. The highest BCUT2D eigenvalue weighted by Crippen LogP contribution is 2.13. The summed E-state index contributed by atoms with van der Waals surface area (Å²) in [5, 5.41) is 9.28. The monoisotopic (exact) mass is 298 g/mol. The van der Waals surface area contributed by atoms with Gasteiger partial charge in [0, 0.05) is 38.6 Å². The Morgan fingerprint density at radius 3 is 2.32 bits per heavy atom. The lowest BCUT2D eigenvalue weighted by Crippen LogP contribution is -2.47. The molecule has 5 heteroatoms. The summed E-state index contributed by atoms with van der Waals surface area (Å²) in [6.07, 6.45) is 5.80. The Labute approximate surface area is 131 Å². The van der Waals surface area contributed by atoms with Crippen molar-refractivity contribution in [2.45, 2.75) is 12.8 Å². The maximum Gasteiger partial charge on any atom is 0.225 e. The zero-order valence-electron chi connectivity index (χ0n) is 12.7. The Bertz CT molecular complexity index is 565. The van der Waals surface area contributed by atoms with Crippen LogP contribution in [0, 0.1) is 0 Å². The van der Waals surface area contributed by atoms with Gasteiger partial charge in [-0.05, 0) is 43.1 Å². The summed E-state index contributed by atoms with van der Waals surface area (Å²) >= 11 is 0. The molecule has 1 fully saturated rings. The van der Waals surface area contributed by atoms with E-state index in [0.717, 1.165) is 51.5 Å². The lowest BCUT2D eigenvalue weighted by molar-refractivity contribution is 0.254. The van der Waals surface area contributed by atoms with Crippen LogP contribution in [0.1, 0.15) is 12.0 Å². The fourth-order valence-electron chi connectivity index (χ4n) is 2.80. The number of phenols is 1. The third-order valence-electron chi connectivity index (χ3n) is 4.08. The van der Waals surface area contributed by atoms with Crippen LogP contribution in [0.15, 0.2) is 42.7 Å². The summed E-state index contributed by atoms with van der Waals surface area (Å²) in [6, 6.07) is 9.37. The molecule has 0 saturated carbocycles. The van der Waals surface area contributed by atoms with E-state index >= 15 is 0 Å². The maximum atomic E-state index is 9.28. The first-order chi connectivity index (χ1) is 10.8. The van der Waals surface area contributed by atoms with Gasteiger partial charge in [0.05, 0.1) is 0 Å². The fraction of sp³-hybridized carbons (Fsp3) is 0.412. The highest BCUT2D eigenvalue weighted by atomic mass is 16.3. The van der Waals surface area contributed by atoms with Crippen LogP contribution in [0.2, 0.25) is 0 Å². The van der Waals surface area contributed by atoms with Gasteiger partial charge < -0.3 is 10.0 Å². The third-order valence-corrected chi connectivity index (χ3v) is 4.08. The molecule has 2 heterocycles. The van der Waals surface area contributed by atoms with Crippen LogP contribution in [-0.4, -0.2) is 52.7 Å². The molecular formula is C17H22N4O. The number of benzene rings is 1. The SMILES string of the molecule is Oc1ccc(CCCN2CCN(c3ncccn3)CC2)cc1. The van der Waals surface area contributed by atoms with Crippen LogP contribution >= 0.6 is 0 Å². The molecule has 1 aliphatic heterocycles. The van der Waals surface area contributed by atoms with E-state index in [4.69, 9.17) is 0 Å². The van der Waals surface area contributed by atoms with Crippen LogP contribution in [0.3, 0.4) is 0 Å². The van der Waals surface area contributed by atoms with Gasteiger partial charge in [-0.3, -0.25) is 4.90 Å². The van der Waals surface area contributed by atoms with Crippen LogP contribution in [0.5, 0.6) is 5.75 Å². The molecule has 0 unspecified atom stereocenters. The number of nitrogens with zero attached hydrogens (tertiary/aromatic N) is 4. The second-order valence-corrected chi connectivity index (χ2v) is 5.65. The number of aromatic nitrogens is 2. The second-order valence-electron chi connectivity index (χ2n) is 5.65. The van der Waals surface area contributed by atoms with Gasteiger partial charge in [0.2, 0.25) is 5.95 Å². The van der Waals surface area contributed by atoms with Gasteiger partial charge in [-0.2, -0.15) is 0 Å². The van der Waals surface area contributed by atoms with Gasteiger partial charge in [-0.15, -0.1) is 0 Å². The summed E-state index contributed by atoms with van der Waals surface area (Å²) in [7, 11) is 0. The van der Waals surface area contributed by atoms with Crippen molar-refractivity contribution in [2.24, 2.45) is 0 Å². The molecule has 0 radical (unpaired) electrons. The number of piperazine rings is 1. The first-order valence-electron chi connectivity index (χ1n) is 7.83. The molecule has 3 rings (SSSR count). The molecule has 1 aliphatic rings. The van der Waals surface area contributed by atoms with E-state index < -0.39 is 0 Å². The van der Waals surface area contributed by atoms with Gasteiger partial charge in [0.1, 0.15) is 5.75 Å². The average Bonchev–Trinajstić information content (AvgIpc) is 2.58. The minimum atomic E-state index is 0.336. The predicted octanol–water partition coefficient (Wildman–Crippen LogP) is 1.94. The van der Waals surface area contributed by atoms with E-state index in [1.165, 1.54) is 5.56 Å². The number of hydrogen-bond acceptors (Lipinski definition) is 5. The smallest absolute Gasteiger partial charge is 0.225 e. The van der Waals surface area contributed by atoms with Crippen LogP contribution < -0.4 is 4.90 Å².